The molecule has 1 N–H and O–H groups in total. The summed E-state index contributed by atoms with van der Waals surface area (Å²) in [5.41, 5.74) is 2.24. The van der Waals surface area contributed by atoms with Gasteiger partial charge in [-0.05, 0) is 31.0 Å². The van der Waals surface area contributed by atoms with Crippen LogP contribution in [0.25, 0.3) is 0 Å². The monoisotopic (exact) mass is 164 g/mol. The van der Waals surface area contributed by atoms with Gasteiger partial charge in [0.15, 0.2) is 0 Å². The van der Waals surface area contributed by atoms with Crippen molar-refractivity contribution in [1.82, 2.24) is 0 Å². The molecule has 12 heavy (non-hydrogen) atoms. The molecule has 0 aliphatic rings. The summed E-state index contributed by atoms with van der Waals surface area (Å²) in [5, 5.41) is 13.5. The van der Waals surface area contributed by atoms with E-state index in [1.807, 2.05) is 24.3 Å². The van der Waals surface area contributed by atoms with Gasteiger partial charge < -0.3 is 5.32 Å². The average Bonchev–Trinajstić information content (AvgIpc) is 2.09. The molecule has 0 amide bonds. The maximum absolute atomic E-state index is 10.3. The third-order valence-corrected chi connectivity index (χ3v) is 1.73. The summed E-state index contributed by atoms with van der Waals surface area (Å²) in [6.07, 6.45) is 0.631. The zero-order chi connectivity index (χ0) is 8.81. The molecule has 1 rings (SSSR count). The molecule has 0 fully saturated rings. The highest BCUT2D eigenvalue weighted by Crippen LogP contribution is 2.09. The summed E-state index contributed by atoms with van der Waals surface area (Å²) >= 11 is 0. The minimum Gasteiger partial charge on any atom is -0.385 e. The van der Waals surface area contributed by atoms with Crippen LogP contribution in [0.3, 0.4) is 0 Å². The van der Waals surface area contributed by atoms with E-state index < -0.39 is 0 Å². The highest BCUT2D eigenvalue weighted by molar-refractivity contribution is 5.44. The molecule has 0 aromatic heterocycles. The lowest BCUT2D eigenvalue weighted by atomic mass is 10.1. The second-order valence-corrected chi connectivity index (χ2v) is 2.68. The van der Waals surface area contributed by atoms with Crippen LogP contribution in [0.1, 0.15) is 12.5 Å². The van der Waals surface area contributed by atoms with Crippen molar-refractivity contribution in [2.24, 2.45) is 0 Å². The molecular weight excluding hydrogens is 150 g/mol. The molecular formula is C10H14NO. The molecule has 0 spiro atoms. The van der Waals surface area contributed by atoms with Gasteiger partial charge in [0, 0.05) is 12.2 Å². The van der Waals surface area contributed by atoms with Crippen LogP contribution in [-0.2, 0) is 11.5 Å². The fraction of sp³-hybridized carbons (Fsp3) is 0.400. The van der Waals surface area contributed by atoms with Crippen LogP contribution in [-0.4, -0.2) is 13.2 Å². The van der Waals surface area contributed by atoms with E-state index >= 15 is 0 Å². The largest absolute Gasteiger partial charge is 0.385 e. The van der Waals surface area contributed by atoms with Gasteiger partial charge in [0.2, 0.25) is 0 Å². The second kappa shape index (κ2) is 4.78. The van der Waals surface area contributed by atoms with Crippen molar-refractivity contribution in [2.75, 3.05) is 18.5 Å². The Morgan fingerprint density at radius 3 is 2.42 bits per heavy atom. The van der Waals surface area contributed by atoms with Gasteiger partial charge in [-0.15, -0.1) is 0 Å². The summed E-state index contributed by atoms with van der Waals surface area (Å²) in [4.78, 5) is 0. The van der Waals surface area contributed by atoms with Crippen molar-refractivity contribution >= 4 is 5.69 Å². The second-order valence-electron chi connectivity index (χ2n) is 2.68. The van der Waals surface area contributed by atoms with Crippen LogP contribution in [0.4, 0.5) is 5.69 Å². The quantitative estimate of drug-likeness (QED) is 0.726. The van der Waals surface area contributed by atoms with Gasteiger partial charge in [0.05, 0.1) is 6.61 Å². The zero-order valence-corrected chi connectivity index (χ0v) is 7.34. The van der Waals surface area contributed by atoms with Gasteiger partial charge in [-0.2, -0.15) is 0 Å². The molecule has 1 aromatic carbocycles. The molecule has 0 saturated heterocycles. The lowest BCUT2D eigenvalue weighted by molar-refractivity contribution is 0.197. The van der Waals surface area contributed by atoms with Gasteiger partial charge in [-0.3, -0.25) is 0 Å². The van der Waals surface area contributed by atoms with Crippen molar-refractivity contribution in [1.29, 1.82) is 0 Å². The highest BCUT2D eigenvalue weighted by atomic mass is 16.2. The van der Waals surface area contributed by atoms with Gasteiger partial charge in [0.1, 0.15) is 0 Å². The van der Waals surface area contributed by atoms with Crippen molar-refractivity contribution in [3.8, 4) is 0 Å². The summed E-state index contributed by atoms with van der Waals surface area (Å²) in [6, 6.07) is 8.01. The molecule has 1 aromatic rings. The Kier molecular flexibility index (Phi) is 3.61. The topological polar surface area (TPSA) is 31.9 Å². The van der Waals surface area contributed by atoms with Crippen LogP contribution in [0.5, 0.6) is 0 Å². The molecule has 2 nitrogen and oxygen atoms in total. The molecule has 0 aliphatic heterocycles. The first-order chi connectivity index (χ1) is 5.86. The third-order valence-electron chi connectivity index (χ3n) is 1.73. The van der Waals surface area contributed by atoms with Crippen molar-refractivity contribution < 1.29 is 5.11 Å². The highest BCUT2D eigenvalue weighted by Gasteiger charge is 1.92. The summed E-state index contributed by atoms with van der Waals surface area (Å²) in [7, 11) is 0. The average molecular weight is 164 g/mol. The standard InChI is InChI=1S/C10H14NO/c1-2-11-10-5-3-9(4-6-10)7-8-12/h3-6,11H,2,7-8H2,1H3. The van der Waals surface area contributed by atoms with E-state index in [0.29, 0.717) is 6.42 Å². The lowest BCUT2D eigenvalue weighted by Gasteiger charge is -2.03. The SMILES string of the molecule is CCNc1ccc(CC[O])cc1. The minimum atomic E-state index is -0.0272. The first kappa shape index (κ1) is 9.07. The van der Waals surface area contributed by atoms with Crippen LogP contribution in [0.15, 0.2) is 24.3 Å². The van der Waals surface area contributed by atoms with E-state index in [1.54, 1.807) is 0 Å². The predicted molar refractivity (Wildman–Crippen MR) is 49.9 cm³/mol. The Hall–Kier alpha value is -1.02. The van der Waals surface area contributed by atoms with E-state index in [1.165, 1.54) is 0 Å². The molecule has 1 radical (unpaired) electrons. The number of benzene rings is 1. The van der Waals surface area contributed by atoms with Crippen LogP contribution in [0.2, 0.25) is 0 Å². The minimum absolute atomic E-state index is 0.0272. The number of rotatable bonds is 4. The molecule has 0 bridgehead atoms. The Bertz CT molecular complexity index is 193. The molecule has 0 unspecified atom stereocenters. The summed E-state index contributed by atoms with van der Waals surface area (Å²) in [5.74, 6) is 0. The van der Waals surface area contributed by atoms with Crippen LogP contribution >= 0.6 is 0 Å². The van der Waals surface area contributed by atoms with Gasteiger partial charge in [-0.1, -0.05) is 12.1 Å². The van der Waals surface area contributed by atoms with Gasteiger partial charge >= 0.3 is 0 Å². The van der Waals surface area contributed by atoms with E-state index in [9.17, 15) is 5.11 Å². The van der Waals surface area contributed by atoms with E-state index in [-0.39, 0.29) is 6.61 Å². The Balaban J connectivity index is 2.58. The van der Waals surface area contributed by atoms with Crippen molar-refractivity contribution in [3.63, 3.8) is 0 Å². The smallest absolute Gasteiger partial charge is 0.0862 e. The molecule has 2 heteroatoms. The predicted octanol–water partition coefficient (Wildman–Crippen LogP) is 2.09. The van der Waals surface area contributed by atoms with Crippen molar-refractivity contribution in [3.05, 3.63) is 29.8 Å². The number of hydrogen-bond donors (Lipinski definition) is 1. The molecule has 0 saturated carbocycles. The third kappa shape index (κ3) is 2.55. The van der Waals surface area contributed by atoms with Crippen LogP contribution in [0, 0.1) is 0 Å². The molecule has 0 atom stereocenters. The maximum atomic E-state index is 10.3. The van der Waals surface area contributed by atoms with E-state index in [2.05, 4.69) is 12.2 Å². The molecule has 65 valence electrons. The first-order valence-electron chi connectivity index (χ1n) is 4.27. The summed E-state index contributed by atoms with van der Waals surface area (Å²) in [6.45, 7) is 2.97. The maximum Gasteiger partial charge on any atom is 0.0862 e. The number of nitrogens with one attached hydrogen (secondary N) is 1. The Morgan fingerprint density at radius 2 is 1.92 bits per heavy atom. The first-order valence-corrected chi connectivity index (χ1v) is 4.27. The van der Waals surface area contributed by atoms with E-state index in [4.69, 9.17) is 0 Å². The van der Waals surface area contributed by atoms with Gasteiger partial charge in [-0.25, -0.2) is 5.11 Å². The molecule has 0 aliphatic carbocycles. The number of anilines is 1. The van der Waals surface area contributed by atoms with Gasteiger partial charge in [0.25, 0.3) is 0 Å². The normalized spacial score (nSPS) is 9.83. The molecule has 0 heterocycles. The fourth-order valence-corrected chi connectivity index (χ4v) is 1.11. The lowest BCUT2D eigenvalue weighted by Crippen LogP contribution is -1.96. The Labute approximate surface area is 73.2 Å². The fourth-order valence-electron chi connectivity index (χ4n) is 1.11. The zero-order valence-electron chi connectivity index (χ0n) is 7.34. The van der Waals surface area contributed by atoms with Crippen molar-refractivity contribution in [2.45, 2.75) is 13.3 Å². The summed E-state index contributed by atoms with van der Waals surface area (Å²) < 4.78 is 0. The Morgan fingerprint density at radius 1 is 1.25 bits per heavy atom. The number of hydrogen-bond acceptors (Lipinski definition) is 1. The van der Waals surface area contributed by atoms with Crippen LogP contribution < -0.4 is 5.32 Å². The van der Waals surface area contributed by atoms with E-state index in [0.717, 1.165) is 17.8 Å².